The first-order valence-electron chi connectivity index (χ1n) is 12.0. The average Bonchev–Trinajstić information content (AvgIpc) is 3.29. The molecule has 7 heteroatoms. The molecule has 0 bridgehead atoms. The van der Waals surface area contributed by atoms with Crippen molar-refractivity contribution in [1.82, 2.24) is 5.32 Å². The number of hydrogen-bond donors (Lipinski definition) is 2. The quantitative estimate of drug-likeness (QED) is 0.276. The van der Waals surface area contributed by atoms with Crippen molar-refractivity contribution in [3.63, 3.8) is 0 Å². The maximum absolute atomic E-state index is 13.6. The minimum atomic E-state index is -1.88. The Morgan fingerprint density at radius 3 is 2.62 bits per heavy atom. The fourth-order valence-corrected chi connectivity index (χ4v) is 5.32. The van der Waals surface area contributed by atoms with E-state index in [-0.39, 0.29) is 23.9 Å². The predicted molar refractivity (Wildman–Crippen MR) is 126 cm³/mol. The van der Waals surface area contributed by atoms with E-state index in [4.69, 9.17) is 15.2 Å². The van der Waals surface area contributed by atoms with Crippen LogP contribution in [0.25, 0.3) is 0 Å². The number of rotatable bonds is 7. The topological polar surface area (TPSA) is 111 Å². The van der Waals surface area contributed by atoms with Crippen LogP contribution in [-0.2, 0) is 14.3 Å². The molecule has 2 atom stereocenters. The molecule has 178 valence electrons. The Bertz CT molecular complexity index is 1140. The van der Waals surface area contributed by atoms with Gasteiger partial charge in [-0.2, -0.15) is 0 Å². The molecule has 2 heterocycles. The molecule has 1 aromatic carbocycles. The zero-order chi connectivity index (χ0) is 23.9. The van der Waals surface area contributed by atoms with Gasteiger partial charge in [0.05, 0.1) is 5.82 Å². The van der Waals surface area contributed by atoms with Gasteiger partial charge in [0.2, 0.25) is 5.78 Å². The Hall–Kier alpha value is -3.19. The third-order valence-corrected chi connectivity index (χ3v) is 7.38. The van der Waals surface area contributed by atoms with Crippen LogP contribution in [-0.4, -0.2) is 41.4 Å². The zero-order valence-corrected chi connectivity index (χ0v) is 19.4. The van der Waals surface area contributed by atoms with Crippen LogP contribution in [0.2, 0.25) is 0 Å². The first kappa shape index (κ1) is 22.6. The number of Topliss-reactive ketones (excluding diaryl/α,β-unsaturated/α-hetero) is 2. The van der Waals surface area contributed by atoms with E-state index in [0.717, 1.165) is 49.7 Å². The number of epoxide rings is 1. The molecule has 5 rings (SSSR count). The number of carbonyl (C=O) groups is 3. The Labute approximate surface area is 199 Å². The van der Waals surface area contributed by atoms with Crippen LogP contribution in [0.1, 0.15) is 72.6 Å². The van der Waals surface area contributed by atoms with E-state index in [0.29, 0.717) is 17.9 Å². The summed E-state index contributed by atoms with van der Waals surface area (Å²) in [4.78, 5) is 40.4. The molecule has 1 saturated heterocycles. The second kappa shape index (κ2) is 8.55. The van der Waals surface area contributed by atoms with Crippen LogP contribution < -0.4 is 11.1 Å². The third-order valence-electron chi connectivity index (χ3n) is 7.38. The highest BCUT2D eigenvalue weighted by Crippen LogP contribution is 2.58. The van der Waals surface area contributed by atoms with E-state index in [9.17, 15) is 14.4 Å². The van der Waals surface area contributed by atoms with Crippen molar-refractivity contribution in [1.29, 1.82) is 0 Å². The van der Waals surface area contributed by atoms with E-state index >= 15 is 0 Å². The highest BCUT2D eigenvalue weighted by atomic mass is 16.7. The smallest absolute Gasteiger partial charge is 0.350 e. The number of fused-ring (bicyclic) bond motifs is 2. The summed E-state index contributed by atoms with van der Waals surface area (Å²) >= 11 is 0. The largest absolute Gasteiger partial charge is 0.460 e. The number of esters is 1. The summed E-state index contributed by atoms with van der Waals surface area (Å²) < 4.78 is 11.6. The number of ketones is 2. The number of carbonyl (C=O) groups excluding carboxylic acids is 3. The van der Waals surface area contributed by atoms with E-state index in [1.807, 2.05) is 19.1 Å². The monoisotopic (exact) mass is 462 g/mol. The van der Waals surface area contributed by atoms with Gasteiger partial charge in [-0.15, -0.1) is 0 Å². The molecule has 1 aromatic rings. The summed E-state index contributed by atoms with van der Waals surface area (Å²) in [6, 6.07) is 6.62. The van der Waals surface area contributed by atoms with E-state index in [1.54, 1.807) is 24.3 Å². The molecule has 0 aromatic heterocycles. The summed E-state index contributed by atoms with van der Waals surface area (Å²) in [5.41, 5.74) is 5.16. The van der Waals surface area contributed by atoms with Crippen LogP contribution >= 0.6 is 0 Å². The SMILES string of the molecule is C/C(=C\C[C@@]12O[C@]1(C(=O)OC1CCCC1)C(=O)c1ccccc1C2=O)CCC1=CCNC(N)=C1. The number of nitrogens with two attached hydrogens (primary N) is 1. The van der Waals surface area contributed by atoms with Gasteiger partial charge in [0.25, 0.3) is 5.60 Å². The number of allylic oxidation sites excluding steroid dienone is 3. The van der Waals surface area contributed by atoms with E-state index in [2.05, 4.69) is 11.4 Å². The Kier molecular flexibility index (Phi) is 5.68. The molecule has 34 heavy (non-hydrogen) atoms. The van der Waals surface area contributed by atoms with Crippen molar-refractivity contribution in [2.45, 2.75) is 69.2 Å². The van der Waals surface area contributed by atoms with Gasteiger partial charge in [0, 0.05) is 24.1 Å². The highest BCUT2D eigenvalue weighted by molar-refractivity contribution is 6.32. The first-order valence-corrected chi connectivity index (χ1v) is 12.0. The van der Waals surface area contributed by atoms with Gasteiger partial charge in [-0.05, 0) is 57.1 Å². The molecule has 2 aliphatic carbocycles. The van der Waals surface area contributed by atoms with Crippen LogP contribution in [0.3, 0.4) is 0 Å². The maximum Gasteiger partial charge on any atom is 0.350 e. The molecule has 0 spiro atoms. The number of ether oxygens (including phenoxy) is 2. The van der Waals surface area contributed by atoms with Crippen LogP contribution in [0.5, 0.6) is 0 Å². The lowest BCUT2D eigenvalue weighted by Gasteiger charge is -2.24. The fraction of sp³-hybridized carbons (Fsp3) is 0.444. The van der Waals surface area contributed by atoms with Crippen molar-refractivity contribution >= 4 is 17.5 Å². The second-order valence-electron chi connectivity index (χ2n) is 9.64. The van der Waals surface area contributed by atoms with Crippen LogP contribution in [0, 0.1) is 0 Å². The van der Waals surface area contributed by atoms with Gasteiger partial charge in [0.1, 0.15) is 6.10 Å². The lowest BCUT2D eigenvalue weighted by atomic mass is 9.72. The number of dihydropyridines is 1. The Balaban J connectivity index is 1.39. The summed E-state index contributed by atoms with van der Waals surface area (Å²) in [7, 11) is 0. The third kappa shape index (κ3) is 3.59. The normalized spacial score (nSPS) is 28.4. The van der Waals surface area contributed by atoms with Crippen LogP contribution in [0.15, 0.2) is 59.5 Å². The molecular weight excluding hydrogens is 432 g/mol. The van der Waals surface area contributed by atoms with Gasteiger partial charge in [0.15, 0.2) is 11.4 Å². The molecule has 7 nitrogen and oxygen atoms in total. The summed E-state index contributed by atoms with van der Waals surface area (Å²) in [5, 5.41) is 3.05. The van der Waals surface area contributed by atoms with Gasteiger partial charge < -0.3 is 20.5 Å². The van der Waals surface area contributed by atoms with Gasteiger partial charge >= 0.3 is 5.97 Å². The molecule has 2 aliphatic heterocycles. The molecule has 4 aliphatic rings. The summed E-state index contributed by atoms with van der Waals surface area (Å²) in [6.45, 7) is 2.69. The van der Waals surface area contributed by atoms with Crippen molar-refractivity contribution in [2.24, 2.45) is 5.73 Å². The highest BCUT2D eigenvalue weighted by Gasteiger charge is 2.85. The number of nitrogens with one attached hydrogen (secondary N) is 1. The molecule has 3 N–H and O–H groups in total. The van der Waals surface area contributed by atoms with Crippen molar-refractivity contribution in [2.75, 3.05) is 6.54 Å². The molecule has 0 amide bonds. The lowest BCUT2D eigenvalue weighted by Crippen LogP contribution is -2.51. The standard InChI is InChI=1S/C27H30N2O5/c1-17(10-11-18-13-15-29-22(28)16-18)12-14-26-23(30)20-8-4-5-9-21(20)24(31)27(26,34-26)25(32)33-19-6-2-3-7-19/h4-5,8-9,12-13,16,19,29H,2-3,6-7,10-11,14-15,28H2,1H3/b17-12+/t26-,27-/m0/s1. The molecule has 1 saturated carbocycles. The van der Waals surface area contributed by atoms with Crippen molar-refractivity contribution in [3.8, 4) is 0 Å². The zero-order valence-electron chi connectivity index (χ0n) is 19.4. The average molecular weight is 463 g/mol. The number of benzene rings is 1. The summed E-state index contributed by atoms with van der Waals surface area (Å²) in [6.07, 6.45) is 11.0. The Morgan fingerprint density at radius 1 is 1.21 bits per heavy atom. The fourth-order valence-electron chi connectivity index (χ4n) is 5.32. The van der Waals surface area contributed by atoms with E-state index < -0.39 is 23.0 Å². The number of hydrogen-bond acceptors (Lipinski definition) is 7. The van der Waals surface area contributed by atoms with E-state index in [1.165, 1.54) is 0 Å². The second-order valence-corrected chi connectivity index (χ2v) is 9.64. The van der Waals surface area contributed by atoms with Crippen molar-refractivity contribution < 1.29 is 23.9 Å². The molecule has 0 unspecified atom stereocenters. The lowest BCUT2D eigenvalue weighted by molar-refractivity contribution is -0.153. The van der Waals surface area contributed by atoms with Gasteiger partial charge in [-0.1, -0.05) is 42.0 Å². The molecule has 2 fully saturated rings. The van der Waals surface area contributed by atoms with Crippen molar-refractivity contribution in [3.05, 3.63) is 70.6 Å². The molecule has 0 radical (unpaired) electrons. The van der Waals surface area contributed by atoms with Gasteiger partial charge in [-0.25, -0.2) is 4.79 Å². The first-order chi connectivity index (χ1) is 16.4. The summed E-state index contributed by atoms with van der Waals surface area (Å²) in [5.74, 6) is -0.872. The minimum Gasteiger partial charge on any atom is -0.460 e. The van der Waals surface area contributed by atoms with Crippen LogP contribution in [0.4, 0.5) is 0 Å². The Morgan fingerprint density at radius 2 is 1.91 bits per heavy atom. The minimum absolute atomic E-state index is 0.149. The van der Waals surface area contributed by atoms with Gasteiger partial charge in [-0.3, -0.25) is 9.59 Å². The maximum atomic E-state index is 13.6. The predicted octanol–water partition coefficient (Wildman–Crippen LogP) is 3.51. The molecular formula is C27H30N2O5.